The second-order valence-corrected chi connectivity index (χ2v) is 9.22. The number of carboxylic acids is 1. The van der Waals surface area contributed by atoms with Gasteiger partial charge in [-0.1, -0.05) is 23.7 Å². The van der Waals surface area contributed by atoms with Crippen LogP contribution in [0.15, 0.2) is 70.7 Å². The van der Waals surface area contributed by atoms with Gasteiger partial charge in [-0.25, -0.2) is 9.78 Å². The van der Waals surface area contributed by atoms with Crippen LogP contribution in [0.1, 0.15) is 11.1 Å². The fourth-order valence-corrected chi connectivity index (χ4v) is 4.33. The highest BCUT2D eigenvalue weighted by atomic mass is 35.5. The maximum atomic E-state index is 11.9. The summed E-state index contributed by atoms with van der Waals surface area (Å²) in [6.07, 6.45) is 1.52. The zero-order valence-electron chi connectivity index (χ0n) is 19.4. The van der Waals surface area contributed by atoms with E-state index < -0.39 is 5.97 Å². The van der Waals surface area contributed by atoms with Gasteiger partial charge in [-0.15, -0.1) is 5.10 Å². The molecule has 4 aromatic rings. The minimum Gasteiger partial charge on any atom is -0.493 e. The van der Waals surface area contributed by atoms with Crippen LogP contribution < -0.4 is 18.9 Å². The molecule has 0 saturated heterocycles. The largest absolute Gasteiger partial charge is 0.493 e. The lowest BCUT2D eigenvalue weighted by molar-refractivity contribution is -0.131. The molecule has 5 rings (SSSR count). The van der Waals surface area contributed by atoms with Gasteiger partial charge in [0.1, 0.15) is 11.5 Å². The van der Waals surface area contributed by atoms with E-state index in [4.69, 9.17) is 30.5 Å². The Kier molecular flexibility index (Phi) is 7.20. The number of nitrogens with one attached hydrogen (secondary N) is 1. The Balaban J connectivity index is 1.30. The first-order chi connectivity index (χ1) is 18.0. The van der Waals surface area contributed by atoms with Gasteiger partial charge >= 0.3 is 5.97 Å². The molecule has 9 nitrogen and oxygen atoms in total. The zero-order chi connectivity index (χ0) is 25.8. The fraction of sp³-hybridized carbons (Fsp3) is 0.115. The van der Waals surface area contributed by atoms with Crippen LogP contribution in [0.4, 0.5) is 0 Å². The molecule has 3 aromatic carbocycles. The summed E-state index contributed by atoms with van der Waals surface area (Å²) >= 11 is 6.86. The van der Waals surface area contributed by atoms with Crippen LogP contribution in [0.25, 0.3) is 17.5 Å². The molecule has 0 radical (unpaired) electrons. The van der Waals surface area contributed by atoms with Crippen molar-refractivity contribution in [2.24, 2.45) is 0 Å². The predicted octanol–water partition coefficient (Wildman–Crippen LogP) is 5.66. The van der Waals surface area contributed by atoms with Crippen LogP contribution in [0.5, 0.6) is 23.0 Å². The van der Waals surface area contributed by atoms with E-state index >= 15 is 0 Å². The van der Waals surface area contributed by atoms with E-state index in [1.54, 1.807) is 42.5 Å². The summed E-state index contributed by atoms with van der Waals surface area (Å²) in [7, 11) is 1.52. The van der Waals surface area contributed by atoms with Gasteiger partial charge in [0.2, 0.25) is 11.9 Å². The Hall–Kier alpha value is -4.15. The Morgan fingerprint density at radius 2 is 1.92 bits per heavy atom. The summed E-state index contributed by atoms with van der Waals surface area (Å²) in [6.45, 7) is 0.498. The van der Waals surface area contributed by atoms with Gasteiger partial charge in [-0.3, -0.25) is 5.10 Å². The van der Waals surface area contributed by atoms with Gasteiger partial charge in [0, 0.05) is 10.6 Å². The number of aliphatic carboxylic acids is 1. The summed E-state index contributed by atoms with van der Waals surface area (Å²) in [5, 5.41) is 17.6. The van der Waals surface area contributed by atoms with Crippen LogP contribution in [0.2, 0.25) is 5.02 Å². The number of rotatable bonds is 9. The van der Waals surface area contributed by atoms with Crippen molar-refractivity contribution < 1.29 is 28.8 Å². The van der Waals surface area contributed by atoms with Crippen molar-refractivity contribution >= 4 is 35.4 Å². The predicted molar refractivity (Wildman–Crippen MR) is 138 cm³/mol. The molecular weight excluding hydrogens is 518 g/mol. The number of nitrogens with zero attached hydrogens (tertiary/aromatic N) is 2. The average Bonchev–Trinajstić information content (AvgIpc) is 3.57. The number of carbonyl (C=O) groups is 1. The number of hydrogen-bond donors (Lipinski definition) is 2. The average molecular weight is 538 g/mol. The standard InChI is InChI=1S/C26H20ClN3O6S/c1-33-21-10-15(2-8-19(21)34-13-16-3-9-20-22(11-16)36-14-35-20)12-23(25(31)32)37-26-28-24(29-30-26)17-4-6-18(27)7-5-17/h2-12H,13-14H2,1H3,(H,31,32)(H,28,29,30)/b23-12-. The summed E-state index contributed by atoms with van der Waals surface area (Å²) in [5.41, 5.74) is 2.31. The van der Waals surface area contributed by atoms with E-state index in [0.717, 1.165) is 22.9 Å². The Morgan fingerprint density at radius 3 is 2.70 bits per heavy atom. The van der Waals surface area contributed by atoms with Gasteiger partial charge in [-0.2, -0.15) is 0 Å². The van der Waals surface area contributed by atoms with Crippen LogP contribution in [0.3, 0.4) is 0 Å². The third-order valence-corrected chi connectivity index (χ3v) is 6.44. The second kappa shape index (κ2) is 10.9. The van der Waals surface area contributed by atoms with Crippen molar-refractivity contribution in [3.63, 3.8) is 0 Å². The number of carboxylic acid groups (broad SMARTS) is 1. The smallest absolute Gasteiger partial charge is 0.342 e. The molecule has 0 spiro atoms. The monoisotopic (exact) mass is 537 g/mol. The van der Waals surface area contributed by atoms with Crippen molar-refractivity contribution in [2.45, 2.75) is 11.8 Å². The third kappa shape index (κ3) is 5.82. The molecule has 0 unspecified atom stereocenters. The van der Waals surface area contributed by atoms with Gasteiger partial charge in [0.05, 0.1) is 7.11 Å². The molecular formula is C26H20ClN3O6S. The molecule has 0 bridgehead atoms. The summed E-state index contributed by atoms with van der Waals surface area (Å²) in [6, 6.07) is 17.9. The molecule has 1 aromatic heterocycles. The van der Waals surface area contributed by atoms with Crippen molar-refractivity contribution in [1.29, 1.82) is 0 Å². The number of hydrogen-bond acceptors (Lipinski definition) is 8. The Bertz CT molecular complexity index is 1470. The van der Waals surface area contributed by atoms with Gasteiger partial charge in [0.15, 0.2) is 28.8 Å². The highest BCUT2D eigenvalue weighted by molar-refractivity contribution is 8.04. The second-order valence-electron chi connectivity index (χ2n) is 7.78. The molecule has 0 fully saturated rings. The van der Waals surface area contributed by atoms with Crippen molar-refractivity contribution in [3.05, 3.63) is 81.7 Å². The number of thioether (sulfide) groups is 1. The minimum atomic E-state index is -1.11. The molecule has 0 aliphatic carbocycles. The zero-order valence-corrected chi connectivity index (χ0v) is 21.0. The van der Waals surface area contributed by atoms with Gasteiger partial charge < -0.3 is 24.1 Å². The SMILES string of the molecule is COc1cc(/C=C(\Sc2n[nH]c(-c3ccc(Cl)cc3)n2)C(=O)O)ccc1OCc1ccc2c(c1)OCO2. The minimum absolute atomic E-state index is 0.0396. The molecule has 0 atom stereocenters. The maximum Gasteiger partial charge on any atom is 0.342 e. The number of methoxy groups -OCH3 is 1. The lowest BCUT2D eigenvalue weighted by Crippen LogP contribution is -1.99. The van der Waals surface area contributed by atoms with Crippen molar-refractivity contribution in [1.82, 2.24) is 15.2 Å². The quantitative estimate of drug-likeness (QED) is 0.206. The first-order valence-corrected chi connectivity index (χ1v) is 12.2. The number of aromatic amines is 1. The number of fused-ring (bicyclic) bond motifs is 1. The molecule has 1 aliphatic heterocycles. The van der Waals surface area contributed by atoms with E-state index in [1.165, 1.54) is 13.2 Å². The first-order valence-electron chi connectivity index (χ1n) is 11.0. The topological polar surface area (TPSA) is 116 Å². The summed E-state index contributed by atoms with van der Waals surface area (Å²) < 4.78 is 22.1. The van der Waals surface area contributed by atoms with E-state index in [0.29, 0.717) is 46.0 Å². The Labute approximate surface area is 221 Å². The molecule has 11 heteroatoms. The fourth-order valence-electron chi connectivity index (χ4n) is 3.50. The van der Waals surface area contributed by atoms with Gasteiger partial charge in [-0.05, 0) is 77.5 Å². The number of aromatic nitrogens is 3. The molecule has 2 heterocycles. The van der Waals surface area contributed by atoms with E-state index in [1.807, 2.05) is 18.2 Å². The number of H-pyrrole nitrogens is 1. The highest BCUT2D eigenvalue weighted by Gasteiger charge is 2.16. The highest BCUT2D eigenvalue weighted by Crippen LogP contribution is 2.35. The summed E-state index contributed by atoms with van der Waals surface area (Å²) in [4.78, 5) is 16.4. The summed E-state index contributed by atoms with van der Waals surface area (Å²) in [5.74, 6) is 1.77. The Morgan fingerprint density at radius 1 is 1.11 bits per heavy atom. The van der Waals surface area contributed by atoms with Crippen molar-refractivity contribution in [3.8, 4) is 34.4 Å². The van der Waals surface area contributed by atoms with Crippen molar-refractivity contribution in [2.75, 3.05) is 13.9 Å². The molecule has 0 saturated carbocycles. The van der Waals surface area contributed by atoms with E-state index in [-0.39, 0.29) is 16.9 Å². The molecule has 2 N–H and O–H groups in total. The molecule has 1 aliphatic rings. The van der Waals surface area contributed by atoms with Crippen LogP contribution in [-0.2, 0) is 11.4 Å². The third-order valence-electron chi connectivity index (χ3n) is 5.31. The lowest BCUT2D eigenvalue weighted by Gasteiger charge is -2.12. The van der Waals surface area contributed by atoms with E-state index in [9.17, 15) is 9.90 Å². The van der Waals surface area contributed by atoms with Crippen LogP contribution >= 0.6 is 23.4 Å². The maximum absolute atomic E-state index is 11.9. The van der Waals surface area contributed by atoms with E-state index in [2.05, 4.69) is 15.2 Å². The van der Waals surface area contributed by atoms with Crippen LogP contribution in [-0.4, -0.2) is 40.2 Å². The lowest BCUT2D eigenvalue weighted by atomic mass is 10.2. The number of halogens is 1. The number of ether oxygens (including phenoxy) is 4. The number of benzene rings is 3. The molecule has 0 amide bonds. The first kappa shape index (κ1) is 24.5. The van der Waals surface area contributed by atoms with Crippen LogP contribution in [0, 0.1) is 0 Å². The molecule has 37 heavy (non-hydrogen) atoms. The molecule has 188 valence electrons. The van der Waals surface area contributed by atoms with Gasteiger partial charge in [0.25, 0.3) is 0 Å². The normalized spacial score (nSPS) is 12.4.